The van der Waals surface area contributed by atoms with Crippen LogP contribution in [0.2, 0.25) is 10.0 Å². The number of hydrogen-bond acceptors (Lipinski definition) is 3. The Morgan fingerprint density at radius 3 is 2.84 bits per heavy atom. The first-order chi connectivity index (χ1) is 9.15. The van der Waals surface area contributed by atoms with Gasteiger partial charge in [0, 0.05) is 17.3 Å². The van der Waals surface area contributed by atoms with E-state index in [1.807, 2.05) is 0 Å². The van der Waals surface area contributed by atoms with Gasteiger partial charge in [0.2, 0.25) is 0 Å². The summed E-state index contributed by atoms with van der Waals surface area (Å²) in [7, 11) is 0. The second-order valence-electron chi connectivity index (χ2n) is 3.63. The average molecular weight is 297 g/mol. The predicted octanol–water partition coefficient (Wildman–Crippen LogP) is 3.41. The van der Waals surface area contributed by atoms with Crippen LogP contribution in [0.1, 0.15) is 0 Å². The van der Waals surface area contributed by atoms with Crippen LogP contribution in [0.3, 0.4) is 0 Å². The summed E-state index contributed by atoms with van der Waals surface area (Å²) >= 11 is 11.7. The minimum atomic E-state index is -0.324. The molecule has 0 atom stereocenters. The fourth-order valence-corrected chi connectivity index (χ4v) is 1.68. The number of benzene rings is 1. The molecule has 2 aromatic rings. The summed E-state index contributed by atoms with van der Waals surface area (Å²) < 4.78 is 5.30. The number of halogens is 2. The third-order valence-electron chi connectivity index (χ3n) is 2.18. The molecule has 1 heterocycles. The van der Waals surface area contributed by atoms with Gasteiger partial charge in [0.25, 0.3) is 5.91 Å². The highest BCUT2D eigenvalue weighted by molar-refractivity contribution is 6.34. The van der Waals surface area contributed by atoms with Crippen LogP contribution in [-0.4, -0.2) is 17.5 Å². The SMILES string of the molecule is O=C(COc1cc(Cl)ccc1Cl)Nc1ccccn1. The standard InChI is InChI=1S/C13H10Cl2N2O2/c14-9-4-5-10(15)11(7-9)19-8-13(18)17-12-3-1-2-6-16-12/h1-7H,8H2,(H,16,17,18). The van der Waals surface area contributed by atoms with Crippen LogP contribution in [0.25, 0.3) is 0 Å². The average Bonchev–Trinajstić information content (AvgIpc) is 2.41. The van der Waals surface area contributed by atoms with Crippen LogP contribution in [0.5, 0.6) is 5.75 Å². The van der Waals surface area contributed by atoms with Gasteiger partial charge in [-0.1, -0.05) is 29.3 Å². The van der Waals surface area contributed by atoms with E-state index in [1.54, 1.807) is 42.6 Å². The summed E-state index contributed by atoms with van der Waals surface area (Å²) in [6, 6.07) is 10.0. The van der Waals surface area contributed by atoms with E-state index in [-0.39, 0.29) is 12.5 Å². The van der Waals surface area contributed by atoms with E-state index in [1.165, 1.54) is 0 Å². The lowest BCUT2D eigenvalue weighted by Crippen LogP contribution is -2.20. The number of pyridine rings is 1. The second-order valence-corrected chi connectivity index (χ2v) is 4.47. The monoisotopic (exact) mass is 296 g/mol. The van der Waals surface area contributed by atoms with E-state index in [2.05, 4.69) is 10.3 Å². The first-order valence-corrected chi connectivity index (χ1v) is 6.19. The van der Waals surface area contributed by atoms with E-state index in [4.69, 9.17) is 27.9 Å². The van der Waals surface area contributed by atoms with Crippen LogP contribution in [0.15, 0.2) is 42.6 Å². The minimum Gasteiger partial charge on any atom is -0.482 e. The van der Waals surface area contributed by atoms with E-state index >= 15 is 0 Å². The maximum Gasteiger partial charge on any atom is 0.263 e. The van der Waals surface area contributed by atoms with Crippen LogP contribution in [0, 0.1) is 0 Å². The Hall–Kier alpha value is -1.78. The lowest BCUT2D eigenvalue weighted by atomic mass is 10.3. The fourth-order valence-electron chi connectivity index (χ4n) is 1.35. The largest absolute Gasteiger partial charge is 0.482 e. The molecule has 0 spiro atoms. The number of nitrogens with zero attached hydrogens (tertiary/aromatic N) is 1. The maximum absolute atomic E-state index is 11.6. The molecule has 1 aromatic heterocycles. The number of rotatable bonds is 4. The van der Waals surface area contributed by atoms with Crippen molar-refractivity contribution in [2.45, 2.75) is 0 Å². The molecule has 0 aliphatic carbocycles. The van der Waals surface area contributed by atoms with Crippen LogP contribution < -0.4 is 10.1 Å². The molecule has 0 saturated carbocycles. The van der Waals surface area contributed by atoms with Gasteiger partial charge in [-0.2, -0.15) is 0 Å². The zero-order valence-electron chi connectivity index (χ0n) is 9.77. The van der Waals surface area contributed by atoms with E-state index in [0.717, 1.165) is 0 Å². The molecule has 4 nitrogen and oxygen atoms in total. The molecule has 19 heavy (non-hydrogen) atoms. The summed E-state index contributed by atoms with van der Waals surface area (Å²) in [4.78, 5) is 15.6. The fraction of sp³-hybridized carbons (Fsp3) is 0.0769. The van der Waals surface area contributed by atoms with Gasteiger partial charge < -0.3 is 10.1 Å². The Balaban J connectivity index is 1.92. The molecule has 0 bridgehead atoms. The van der Waals surface area contributed by atoms with Crippen molar-refractivity contribution in [3.8, 4) is 5.75 Å². The molecule has 0 radical (unpaired) electrons. The van der Waals surface area contributed by atoms with Gasteiger partial charge in [-0.05, 0) is 24.3 Å². The Morgan fingerprint density at radius 2 is 2.11 bits per heavy atom. The molecule has 1 aromatic carbocycles. The van der Waals surface area contributed by atoms with Crippen molar-refractivity contribution >= 4 is 34.9 Å². The van der Waals surface area contributed by atoms with Crippen molar-refractivity contribution < 1.29 is 9.53 Å². The number of anilines is 1. The molecular weight excluding hydrogens is 287 g/mol. The van der Waals surface area contributed by atoms with E-state index < -0.39 is 0 Å². The van der Waals surface area contributed by atoms with Crippen molar-refractivity contribution in [2.75, 3.05) is 11.9 Å². The number of carbonyl (C=O) groups is 1. The molecule has 1 amide bonds. The highest BCUT2D eigenvalue weighted by atomic mass is 35.5. The van der Waals surface area contributed by atoms with Crippen molar-refractivity contribution in [1.82, 2.24) is 4.98 Å². The number of amides is 1. The van der Waals surface area contributed by atoms with Gasteiger partial charge in [-0.25, -0.2) is 4.98 Å². The Bertz CT molecular complexity index is 576. The molecule has 98 valence electrons. The molecule has 0 saturated heterocycles. The zero-order chi connectivity index (χ0) is 13.7. The number of carbonyl (C=O) groups excluding carboxylic acids is 1. The topological polar surface area (TPSA) is 51.2 Å². The molecule has 6 heteroatoms. The smallest absolute Gasteiger partial charge is 0.263 e. The van der Waals surface area contributed by atoms with Crippen molar-refractivity contribution in [2.24, 2.45) is 0 Å². The maximum atomic E-state index is 11.6. The van der Waals surface area contributed by atoms with Gasteiger partial charge in [-0.15, -0.1) is 0 Å². The number of ether oxygens (including phenoxy) is 1. The summed E-state index contributed by atoms with van der Waals surface area (Å²) in [5, 5.41) is 3.48. The molecule has 0 aliphatic rings. The third-order valence-corrected chi connectivity index (χ3v) is 2.73. The molecule has 0 unspecified atom stereocenters. The second kappa shape index (κ2) is 6.41. The highest BCUT2D eigenvalue weighted by Crippen LogP contribution is 2.27. The third kappa shape index (κ3) is 4.12. The molecule has 2 rings (SSSR count). The minimum absolute atomic E-state index is 0.170. The van der Waals surface area contributed by atoms with Gasteiger partial charge in [0.1, 0.15) is 11.6 Å². The van der Waals surface area contributed by atoms with Gasteiger partial charge in [0.15, 0.2) is 6.61 Å². The Morgan fingerprint density at radius 1 is 1.26 bits per heavy atom. The normalized spacial score (nSPS) is 10.0. The predicted molar refractivity (Wildman–Crippen MR) is 74.8 cm³/mol. The van der Waals surface area contributed by atoms with Crippen molar-refractivity contribution in [3.05, 3.63) is 52.6 Å². The zero-order valence-corrected chi connectivity index (χ0v) is 11.3. The summed E-state index contributed by atoms with van der Waals surface area (Å²) in [6.07, 6.45) is 1.59. The van der Waals surface area contributed by atoms with Gasteiger partial charge >= 0.3 is 0 Å². The number of aromatic nitrogens is 1. The van der Waals surface area contributed by atoms with Crippen molar-refractivity contribution in [1.29, 1.82) is 0 Å². The van der Waals surface area contributed by atoms with Crippen molar-refractivity contribution in [3.63, 3.8) is 0 Å². The summed E-state index contributed by atoms with van der Waals surface area (Å²) in [5.41, 5.74) is 0. The molecular formula is C13H10Cl2N2O2. The van der Waals surface area contributed by atoms with Gasteiger partial charge in [-0.3, -0.25) is 4.79 Å². The number of hydrogen-bond donors (Lipinski definition) is 1. The molecule has 1 N–H and O–H groups in total. The van der Waals surface area contributed by atoms with Gasteiger partial charge in [0.05, 0.1) is 5.02 Å². The highest BCUT2D eigenvalue weighted by Gasteiger charge is 2.07. The first kappa shape index (κ1) is 13.6. The van der Waals surface area contributed by atoms with Crippen LogP contribution >= 0.6 is 23.2 Å². The lowest BCUT2D eigenvalue weighted by molar-refractivity contribution is -0.118. The van der Waals surface area contributed by atoms with Crippen LogP contribution in [0.4, 0.5) is 5.82 Å². The van der Waals surface area contributed by atoms with E-state index in [0.29, 0.717) is 21.6 Å². The summed E-state index contributed by atoms with van der Waals surface area (Å²) in [5.74, 6) is 0.508. The first-order valence-electron chi connectivity index (χ1n) is 5.44. The van der Waals surface area contributed by atoms with Crippen LogP contribution in [-0.2, 0) is 4.79 Å². The van der Waals surface area contributed by atoms with E-state index in [9.17, 15) is 4.79 Å². The number of nitrogens with one attached hydrogen (secondary N) is 1. The Labute approximate surface area is 120 Å². The quantitative estimate of drug-likeness (QED) is 0.941. The molecule has 0 fully saturated rings. The Kier molecular flexibility index (Phi) is 4.60. The lowest BCUT2D eigenvalue weighted by Gasteiger charge is -2.08. The summed E-state index contributed by atoms with van der Waals surface area (Å²) in [6.45, 7) is -0.170. The molecule has 0 aliphatic heterocycles.